The Morgan fingerprint density at radius 3 is 3.36 bits per heavy atom. The Bertz CT molecular complexity index is 565. The summed E-state index contributed by atoms with van der Waals surface area (Å²) in [5.41, 5.74) is 8.69. The molecule has 7 heteroatoms. The van der Waals surface area contributed by atoms with Gasteiger partial charge in [-0.05, 0) is 16.5 Å². The number of fused-ring (bicyclic) bond motifs is 1. The molecule has 6 nitrogen and oxygen atoms in total. The molecule has 0 unspecified atom stereocenters. The number of aromatic amines is 1. The molecule has 70 valence electrons. The molecule has 0 saturated heterocycles. The summed E-state index contributed by atoms with van der Waals surface area (Å²) in [6, 6.07) is 0. The topological polar surface area (TPSA) is 94.5 Å². The second-order valence-electron chi connectivity index (χ2n) is 2.56. The number of hydrogen-bond acceptors (Lipinski definition) is 4. The number of hydrogen-bond donors (Lipinski definition) is 1. The van der Waals surface area contributed by atoms with Crippen LogP contribution < -0.4 is 5.56 Å². The van der Waals surface area contributed by atoms with Gasteiger partial charge < -0.3 is 4.98 Å². The van der Waals surface area contributed by atoms with Crippen LogP contribution in [0.15, 0.2) is 21.6 Å². The van der Waals surface area contributed by atoms with Gasteiger partial charge in [-0.3, -0.25) is 4.79 Å². The van der Waals surface area contributed by atoms with Crippen molar-refractivity contribution in [2.24, 2.45) is 5.11 Å². The zero-order valence-corrected chi connectivity index (χ0v) is 7.78. The van der Waals surface area contributed by atoms with Crippen LogP contribution in [0, 0.1) is 0 Å². The molecule has 2 heterocycles. The number of azide groups is 1. The van der Waals surface area contributed by atoms with Crippen molar-refractivity contribution in [3.8, 4) is 0 Å². The van der Waals surface area contributed by atoms with Gasteiger partial charge in [0.2, 0.25) is 0 Å². The molecular weight excluding hydrogens is 202 g/mol. The lowest BCUT2D eigenvalue weighted by molar-refractivity contribution is 1.06. The van der Waals surface area contributed by atoms with Gasteiger partial charge in [-0.2, -0.15) is 0 Å². The molecule has 0 spiro atoms. The monoisotopic (exact) mass is 207 g/mol. The van der Waals surface area contributed by atoms with Crippen molar-refractivity contribution in [3.63, 3.8) is 0 Å². The number of nitrogens with one attached hydrogen (secondary N) is 1. The highest BCUT2D eigenvalue weighted by Crippen LogP contribution is 2.20. The summed E-state index contributed by atoms with van der Waals surface area (Å²) in [5.74, 6) is 0. The first-order valence-electron chi connectivity index (χ1n) is 3.77. The number of thiophene rings is 1. The van der Waals surface area contributed by atoms with E-state index in [1.807, 2.05) is 0 Å². The van der Waals surface area contributed by atoms with Crippen molar-refractivity contribution >= 4 is 21.6 Å². The lowest BCUT2D eigenvalue weighted by Crippen LogP contribution is -2.06. The van der Waals surface area contributed by atoms with E-state index in [1.165, 1.54) is 17.7 Å². The molecule has 0 fully saturated rings. The number of rotatable bonds is 2. The number of aromatic nitrogens is 2. The van der Waals surface area contributed by atoms with E-state index in [0.29, 0.717) is 10.2 Å². The van der Waals surface area contributed by atoms with Crippen molar-refractivity contribution in [2.45, 2.75) is 6.54 Å². The van der Waals surface area contributed by atoms with Crippen LogP contribution in [-0.4, -0.2) is 9.97 Å². The minimum Gasteiger partial charge on any atom is -0.313 e. The smallest absolute Gasteiger partial charge is 0.259 e. The van der Waals surface area contributed by atoms with Gasteiger partial charge in [0, 0.05) is 4.91 Å². The number of nitrogens with zero attached hydrogens (tertiary/aromatic N) is 4. The van der Waals surface area contributed by atoms with Gasteiger partial charge in [-0.15, -0.1) is 11.3 Å². The molecule has 0 saturated carbocycles. The van der Waals surface area contributed by atoms with E-state index in [9.17, 15) is 4.79 Å². The first-order valence-corrected chi connectivity index (χ1v) is 4.65. The predicted octanol–water partition coefficient (Wildman–Crippen LogP) is 1.79. The van der Waals surface area contributed by atoms with Crippen LogP contribution in [0.2, 0.25) is 0 Å². The van der Waals surface area contributed by atoms with E-state index < -0.39 is 0 Å². The maximum Gasteiger partial charge on any atom is 0.259 e. The molecule has 1 N–H and O–H groups in total. The minimum atomic E-state index is -0.195. The van der Waals surface area contributed by atoms with Crippen molar-refractivity contribution in [2.75, 3.05) is 0 Å². The Balaban J connectivity index is 2.67. The molecule has 2 rings (SSSR count). The molecule has 2 aromatic heterocycles. The fourth-order valence-corrected chi connectivity index (χ4v) is 2.07. The summed E-state index contributed by atoms with van der Waals surface area (Å²) in [6.45, 7) is 0.186. The summed E-state index contributed by atoms with van der Waals surface area (Å²) in [5, 5.41) is 5.71. The van der Waals surface area contributed by atoms with Crippen molar-refractivity contribution < 1.29 is 0 Å². The largest absolute Gasteiger partial charge is 0.313 e. The fraction of sp³-hybridized carbons (Fsp3) is 0.143. The second kappa shape index (κ2) is 3.49. The quantitative estimate of drug-likeness (QED) is 0.461. The molecule has 0 aliphatic rings. The van der Waals surface area contributed by atoms with Crippen molar-refractivity contribution in [1.29, 1.82) is 0 Å². The Hall–Kier alpha value is -1.85. The van der Waals surface area contributed by atoms with E-state index in [4.69, 9.17) is 5.53 Å². The van der Waals surface area contributed by atoms with Crippen molar-refractivity contribution in [1.82, 2.24) is 9.97 Å². The van der Waals surface area contributed by atoms with Gasteiger partial charge in [0.25, 0.3) is 5.56 Å². The summed E-state index contributed by atoms with van der Waals surface area (Å²) >= 11 is 1.36. The molecule has 0 aliphatic heterocycles. The summed E-state index contributed by atoms with van der Waals surface area (Å²) in [7, 11) is 0. The summed E-state index contributed by atoms with van der Waals surface area (Å²) < 4.78 is 0. The molecule has 0 aromatic carbocycles. The lowest BCUT2D eigenvalue weighted by Gasteiger charge is -1.90. The van der Waals surface area contributed by atoms with Crippen LogP contribution in [0.4, 0.5) is 0 Å². The highest BCUT2D eigenvalue weighted by molar-refractivity contribution is 7.16. The van der Waals surface area contributed by atoms with Crippen LogP contribution >= 0.6 is 11.3 Å². The summed E-state index contributed by atoms with van der Waals surface area (Å²) in [4.78, 5) is 21.2. The Morgan fingerprint density at radius 1 is 1.71 bits per heavy atom. The summed E-state index contributed by atoms with van der Waals surface area (Å²) in [6.07, 6.45) is 1.36. The Kier molecular flexibility index (Phi) is 2.18. The third-order valence-corrected chi connectivity index (χ3v) is 2.69. The van der Waals surface area contributed by atoms with Gasteiger partial charge in [-0.25, -0.2) is 4.98 Å². The van der Waals surface area contributed by atoms with Crippen LogP contribution in [0.5, 0.6) is 0 Å². The number of H-pyrrole nitrogens is 1. The molecule has 0 atom stereocenters. The lowest BCUT2D eigenvalue weighted by atomic mass is 10.2. The third kappa shape index (κ3) is 1.34. The van der Waals surface area contributed by atoms with Gasteiger partial charge in [0.05, 0.1) is 18.3 Å². The normalized spacial score (nSPS) is 10.0. The van der Waals surface area contributed by atoms with E-state index in [-0.39, 0.29) is 12.1 Å². The minimum absolute atomic E-state index is 0.186. The van der Waals surface area contributed by atoms with E-state index in [0.717, 1.165) is 5.56 Å². The SMILES string of the molecule is [N-]=[N+]=NCc1csc2nc[nH]c(=O)c12. The van der Waals surface area contributed by atoms with Crippen LogP contribution in [0.1, 0.15) is 5.56 Å². The van der Waals surface area contributed by atoms with Crippen molar-refractivity contribution in [3.05, 3.63) is 38.1 Å². The predicted molar refractivity (Wildman–Crippen MR) is 53.1 cm³/mol. The third-order valence-electron chi connectivity index (χ3n) is 1.76. The average Bonchev–Trinajstić information content (AvgIpc) is 2.59. The first kappa shape index (κ1) is 8.74. The molecule has 0 aliphatic carbocycles. The van der Waals surface area contributed by atoms with Gasteiger partial charge in [0.1, 0.15) is 4.83 Å². The van der Waals surface area contributed by atoms with E-state index in [2.05, 4.69) is 20.0 Å². The molecular formula is C7H5N5OS. The maximum absolute atomic E-state index is 11.4. The molecule has 0 bridgehead atoms. The highest BCUT2D eigenvalue weighted by atomic mass is 32.1. The molecule has 0 amide bonds. The van der Waals surface area contributed by atoms with Gasteiger partial charge in [-0.1, -0.05) is 5.11 Å². The zero-order valence-electron chi connectivity index (χ0n) is 6.97. The Labute approximate surface area is 81.9 Å². The fourth-order valence-electron chi connectivity index (χ4n) is 1.17. The first-order chi connectivity index (χ1) is 6.83. The van der Waals surface area contributed by atoms with Gasteiger partial charge >= 0.3 is 0 Å². The van der Waals surface area contributed by atoms with Crippen LogP contribution in [0.3, 0.4) is 0 Å². The van der Waals surface area contributed by atoms with E-state index in [1.54, 1.807) is 5.38 Å². The van der Waals surface area contributed by atoms with E-state index >= 15 is 0 Å². The molecule has 14 heavy (non-hydrogen) atoms. The maximum atomic E-state index is 11.4. The van der Waals surface area contributed by atoms with Crippen LogP contribution in [0.25, 0.3) is 20.7 Å². The standard InChI is InChI=1S/C7H5N5OS/c8-12-11-1-4-2-14-7-5(4)6(13)9-3-10-7/h2-3H,1H2,(H,9,10,13). The zero-order chi connectivity index (χ0) is 9.97. The Morgan fingerprint density at radius 2 is 2.57 bits per heavy atom. The van der Waals surface area contributed by atoms with Gasteiger partial charge in [0.15, 0.2) is 0 Å². The van der Waals surface area contributed by atoms with Crippen LogP contribution in [-0.2, 0) is 6.54 Å². The average molecular weight is 207 g/mol. The highest BCUT2D eigenvalue weighted by Gasteiger charge is 2.07. The molecule has 2 aromatic rings. The second-order valence-corrected chi connectivity index (χ2v) is 3.42. The molecule has 0 radical (unpaired) electrons.